The van der Waals surface area contributed by atoms with Crippen LogP contribution in [0.3, 0.4) is 0 Å². The SMILES string of the molecule is COc1c(C)ccc2c1C(=O)c1ccc(OC(C)=O)c(O)c1C2=O. The number of esters is 1. The molecule has 0 aliphatic heterocycles. The van der Waals surface area contributed by atoms with E-state index in [0.29, 0.717) is 5.75 Å². The Labute approximate surface area is 137 Å². The van der Waals surface area contributed by atoms with Gasteiger partial charge in [0, 0.05) is 18.1 Å². The highest BCUT2D eigenvalue weighted by Crippen LogP contribution is 2.41. The number of phenols is 1. The number of ether oxygens (including phenoxy) is 2. The zero-order chi connectivity index (χ0) is 17.6. The molecule has 2 aromatic carbocycles. The first-order valence-electron chi connectivity index (χ1n) is 7.18. The maximum Gasteiger partial charge on any atom is 0.308 e. The highest BCUT2D eigenvalue weighted by atomic mass is 16.5. The second-order valence-electron chi connectivity index (χ2n) is 5.43. The molecular formula is C18H14O6. The van der Waals surface area contributed by atoms with Gasteiger partial charge in [0.05, 0.1) is 18.2 Å². The van der Waals surface area contributed by atoms with Gasteiger partial charge in [0.2, 0.25) is 0 Å². The summed E-state index contributed by atoms with van der Waals surface area (Å²) in [5, 5.41) is 10.3. The monoisotopic (exact) mass is 326 g/mol. The average Bonchev–Trinajstić information content (AvgIpc) is 2.53. The minimum atomic E-state index is -0.641. The molecule has 6 nitrogen and oxygen atoms in total. The summed E-state index contributed by atoms with van der Waals surface area (Å²) >= 11 is 0. The van der Waals surface area contributed by atoms with Gasteiger partial charge >= 0.3 is 5.97 Å². The van der Waals surface area contributed by atoms with Crippen LogP contribution in [0.25, 0.3) is 0 Å². The molecule has 122 valence electrons. The number of fused-ring (bicyclic) bond motifs is 2. The number of phenolic OH excluding ortho intramolecular Hbond substituents is 1. The molecule has 1 aliphatic carbocycles. The standard InChI is InChI=1S/C18H14O6/c1-8-4-5-11-14(18(8)23-3)16(21)10-6-7-12(24-9(2)19)17(22)13(10)15(11)20/h4-7,22H,1-3H3. The Morgan fingerprint density at radius 3 is 2.21 bits per heavy atom. The highest BCUT2D eigenvalue weighted by Gasteiger charge is 2.36. The van der Waals surface area contributed by atoms with Crippen LogP contribution in [0.15, 0.2) is 24.3 Å². The van der Waals surface area contributed by atoms with Gasteiger partial charge in [-0.1, -0.05) is 6.07 Å². The second kappa shape index (κ2) is 5.49. The Hall–Kier alpha value is -3.15. The van der Waals surface area contributed by atoms with Gasteiger partial charge in [0.25, 0.3) is 0 Å². The highest BCUT2D eigenvalue weighted by molar-refractivity contribution is 6.30. The molecule has 6 heteroatoms. The summed E-state index contributed by atoms with van der Waals surface area (Å²) in [7, 11) is 1.43. The molecule has 0 heterocycles. The molecular weight excluding hydrogens is 312 g/mol. The Kier molecular flexibility index (Phi) is 3.60. The third-order valence-corrected chi connectivity index (χ3v) is 3.90. The van der Waals surface area contributed by atoms with Crippen LogP contribution in [-0.4, -0.2) is 29.8 Å². The maximum absolute atomic E-state index is 12.8. The molecule has 0 fully saturated rings. The topological polar surface area (TPSA) is 89.9 Å². The molecule has 0 unspecified atom stereocenters. The Bertz CT molecular complexity index is 910. The van der Waals surface area contributed by atoms with Crippen molar-refractivity contribution < 1.29 is 29.0 Å². The summed E-state index contributed by atoms with van der Waals surface area (Å²) < 4.78 is 10.1. The summed E-state index contributed by atoms with van der Waals surface area (Å²) in [4.78, 5) is 36.7. The number of carbonyl (C=O) groups excluding carboxylic acids is 3. The van der Waals surface area contributed by atoms with E-state index in [1.54, 1.807) is 13.0 Å². The average molecular weight is 326 g/mol. The van der Waals surface area contributed by atoms with Crippen LogP contribution >= 0.6 is 0 Å². The molecule has 0 radical (unpaired) electrons. The molecule has 3 rings (SSSR count). The van der Waals surface area contributed by atoms with Crippen molar-refractivity contribution in [2.75, 3.05) is 7.11 Å². The lowest BCUT2D eigenvalue weighted by Crippen LogP contribution is -2.22. The first-order valence-corrected chi connectivity index (χ1v) is 7.18. The number of hydrogen-bond acceptors (Lipinski definition) is 6. The van der Waals surface area contributed by atoms with Gasteiger partial charge in [-0.05, 0) is 30.7 Å². The van der Waals surface area contributed by atoms with Crippen molar-refractivity contribution in [2.45, 2.75) is 13.8 Å². The summed E-state index contributed by atoms with van der Waals surface area (Å²) in [6.07, 6.45) is 0. The number of aryl methyl sites for hydroxylation is 1. The van der Waals surface area contributed by atoms with Gasteiger partial charge in [0.1, 0.15) is 5.75 Å². The van der Waals surface area contributed by atoms with Crippen LogP contribution in [0.2, 0.25) is 0 Å². The van der Waals surface area contributed by atoms with Crippen molar-refractivity contribution in [1.82, 2.24) is 0 Å². The maximum atomic E-state index is 12.8. The molecule has 0 atom stereocenters. The number of hydrogen-bond donors (Lipinski definition) is 1. The molecule has 0 saturated heterocycles. The molecule has 1 N–H and O–H groups in total. The van der Waals surface area contributed by atoms with E-state index < -0.39 is 23.3 Å². The van der Waals surface area contributed by atoms with Crippen LogP contribution in [0.4, 0.5) is 0 Å². The molecule has 0 spiro atoms. The van der Waals surface area contributed by atoms with E-state index >= 15 is 0 Å². The first-order chi connectivity index (χ1) is 11.4. The quantitative estimate of drug-likeness (QED) is 0.574. The Morgan fingerprint density at radius 1 is 1.00 bits per heavy atom. The minimum Gasteiger partial charge on any atom is -0.504 e. The zero-order valence-electron chi connectivity index (χ0n) is 13.3. The normalized spacial score (nSPS) is 12.5. The third kappa shape index (κ3) is 2.15. The molecule has 0 bridgehead atoms. The van der Waals surface area contributed by atoms with Crippen molar-refractivity contribution in [3.63, 3.8) is 0 Å². The van der Waals surface area contributed by atoms with Gasteiger partial charge in [-0.25, -0.2) is 0 Å². The fourth-order valence-corrected chi connectivity index (χ4v) is 2.86. The predicted octanol–water partition coefficient (Wildman–Crippen LogP) is 2.41. The molecule has 24 heavy (non-hydrogen) atoms. The van der Waals surface area contributed by atoms with E-state index in [9.17, 15) is 19.5 Å². The van der Waals surface area contributed by atoms with Gasteiger partial charge < -0.3 is 14.6 Å². The van der Waals surface area contributed by atoms with Crippen molar-refractivity contribution in [3.8, 4) is 17.2 Å². The van der Waals surface area contributed by atoms with Gasteiger partial charge in [-0.15, -0.1) is 0 Å². The largest absolute Gasteiger partial charge is 0.504 e. The number of rotatable bonds is 2. The summed E-state index contributed by atoms with van der Waals surface area (Å²) in [6, 6.07) is 5.83. The number of aromatic hydroxyl groups is 1. The van der Waals surface area contributed by atoms with E-state index in [4.69, 9.17) is 9.47 Å². The predicted molar refractivity (Wildman–Crippen MR) is 84.0 cm³/mol. The lowest BCUT2D eigenvalue weighted by molar-refractivity contribution is -0.132. The molecule has 1 aliphatic rings. The molecule has 0 saturated carbocycles. The molecule has 0 aromatic heterocycles. The van der Waals surface area contributed by atoms with Crippen molar-refractivity contribution in [3.05, 3.63) is 52.1 Å². The smallest absolute Gasteiger partial charge is 0.308 e. The van der Waals surface area contributed by atoms with Crippen LogP contribution in [0.1, 0.15) is 44.3 Å². The number of methoxy groups -OCH3 is 1. The Morgan fingerprint density at radius 2 is 1.58 bits per heavy atom. The lowest BCUT2D eigenvalue weighted by atomic mass is 9.82. The fraction of sp³-hybridized carbons (Fsp3) is 0.167. The first kappa shape index (κ1) is 15.7. The van der Waals surface area contributed by atoms with Crippen LogP contribution in [-0.2, 0) is 4.79 Å². The van der Waals surface area contributed by atoms with E-state index in [2.05, 4.69) is 0 Å². The van der Waals surface area contributed by atoms with E-state index in [-0.39, 0.29) is 28.0 Å². The van der Waals surface area contributed by atoms with Crippen molar-refractivity contribution in [1.29, 1.82) is 0 Å². The van der Waals surface area contributed by atoms with Gasteiger partial charge in [-0.3, -0.25) is 14.4 Å². The second-order valence-corrected chi connectivity index (χ2v) is 5.43. The lowest BCUT2D eigenvalue weighted by Gasteiger charge is -2.22. The van der Waals surface area contributed by atoms with E-state index in [1.165, 1.54) is 32.2 Å². The van der Waals surface area contributed by atoms with Crippen molar-refractivity contribution >= 4 is 17.5 Å². The van der Waals surface area contributed by atoms with Crippen LogP contribution in [0.5, 0.6) is 17.2 Å². The summed E-state index contributed by atoms with van der Waals surface area (Å²) in [5.74, 6) is -1.94. The number of carbonyl (C=O) groups is 3. The number of benzene rings is 2. The minimum absolute atomic E-state index is 0.0461. The van der Waals surface area contributed by atoms with Crippen molar-refractivity contribution in [2.24, 2.45) is 0 Å². The van der Waals surface area contributed by atoms with Crippen LogP contribution < -0.4 is 9.47 Å². The van der Waals surface area contributed by atoms with Crippen LogP contribution in [0, 0.1) is 6.92 Å². The molecule has 2 aromatic rings. The Balaban J connectivity index is 2.27. The van der Waals surface area contributed by atoms with Gasteiger partial charge in [0.15, 0.2) is 23.1 Å². The summed E-state index contributed by atoms with van der Waals surface area (Å²) in [6.45, 7) is 2.95. The van der Waals surface area contributed by atoms with E-state index in [1.807, 2.05) is 0 Å². The third-order valence-electron chi connectivity index (χ3n) is 3.90. The number of ketones is 2. The fourth-order valence-electron chi connectivity index (χ4n) is 2.86. The molecule has 0 amide bonds. The van der Waals surface area contributed by atoms with E-state index in [0.717, 1.165) is 5.56 Å². The zero-order valence-corrected chi connectivity index (χ0v) is 13.3. The van der Waals surface area contributed by atoms with Gasteiger partial charge in [-0.2, -0.15) is 0 Å². The summed E-state index contributed by atoms with van der Waals surface area (Å²) in [5.41, 5.74) is 0.920.